The Morgan fingerprint density at radius 2 is 2.14 bits per heavy atom. The summed E-state index contributed by atoms with van der Waals surface area (Å²) >= 11 is 0. The second kappa shape index (κ2) is 7.78. The Morgan fingerprint density at radius 3 is 2.76 bits per heavy atom. The fourth-order valence-corrected chi connectivity index (χ4v) is 2.75. The summed E-state index contributed by atoms with van der Waals surface area (Å²) in [5.41, 5.74) is 6.20. The minimum Gasteiger partial charge on any atom is -0.395 e. The molecular formula is C14H18N2O4S. The van der Waals surface area contributed by atoms with Crippen LogP contribution in [0.1, 0.15) is 24.0 Å². The van der Waals surface area contributed by atoms with Gasteiger partial charge in [0.25, 0.3) is 0 Å². The second-order valence-corrected chi connectivity index (χ2v) is 6.12. The molecule has 0 spiro atoms. The number of amides is 1. The van der Waals surface area contributed by atoms with Gasteiger partial charge in [-0.15, -0.1) is 0 Å². The van der Waals surface area contributed by atoms with Gasteiger partial charge in [0.2, 0.25) is 15.9 Å². The molecule has 0 aliphatic heterocycles. The predicted molar refractivity (Wildman–Crippen MR) is 78.8 cm³/mol. The largest absolute Gasteiger partial charge is 0.395 e. The Labute approximate surface area is 124 Å². The highest BCUT2D eigenvalue weighted by atomic mass is 32.2. The Morgan fingerprint density at radius 1 is 1.43 bits per heavy atom. The zero-order valence-corrected chi connectivity index (χ0v) is 12.5. The van der Waals surface area contributed by atoms with Gasteiger partial charge in [-0.3, -0.25) is 4.79 Å². The fraction of sp³-hybridized carbons (Fsp3) is 0.357. The standard InChI is InChI=1S/C14H18N2O4S/c1-11-5-6-13(12(10-11)4-2-3-9-17)21(19,20)16-8-7-14(15)18/h5-6,10,16-17H,3,7-9H2,1H3,(H2,15,18). The van der Waals surface area contributed by atoms with E-state index < -0.39 is 15.9 Å². The molecule has 1 amide bonds. The van der Waals surface area contributed by atoms with Gasteiger partial charge in [0.15, 0.2) is 0 Å². The highest BCUT2D eigenvalue weighted by Crippen LogP contribution is 2.16. The molecule has 0 heterocycles. The molecule has 1 aromatic carbocycles. The molecule has 4 N–H and O–H groups in total. The lowest BCUT2D eigenvalue weighted by Crippen LogP contribution is -2.28. The lowest BCUT2D eigenvalue weighted by molar-refractivity contribution is -0.117. The van der Waals surface area contributed by atoms with E-state index >= 15 is 0 Å². The predicted octanol–water partition coefficient (Wildman–Crippen LogP) is -0.117. The molecule has 0 aliphatic carbocycles. The van der Waals surface area contributed by atoms with Crippen LogP contribution in [0.15, 0.2) is 23.1 Å². The molecule has 0 aromatic heterocycles. The van der Waals surface area contributed by atoms with Crippen LogP contribution in [0.2, 0.25) is 0 Å². The van der Waals surface area contributed by atoms with E-state index in [1.165, 1.54) is 6.07 Å². The topological polar surface area (TPSA) is 109 Å². The number of nitrogens with two attached hydrogens (primary N) is 1. The van der Waals surface area contributed by atoms with E-state index in [9.17, 15) is 13.2 Å². The van der Waals surface area contributed by atoms with Crippen LogP contribution < -0.4 is 10.5 Å². The molecule has 7 heteroatoms. The molecule has 0 radical (unpaired) electrons. The van der Waals surface area contributed by atoms with Crippen molar-refractivity contribution < 1.29 is 18.3 Å². The van der Waals surface area contributed by atoms with Crippen molar-refractivity contribution in [3.63, 3.8) is 0 Å². The van der Waals surface area contributed by atoms with Crippen LogP contribution in [0.4, 0.5) is 0 Å². The number of benzene rings is 1. The monoisotopic (exact) mass is 310 g/mol. The Hall–Kier alpha value is -1.88. The van der Waals surface area contributed by atoms with Crippen LogP contribution in [0.3, 0.4) is 0 Å². The smallest absolute Gasteiger partial charge is 0.241 e. The van der Waals surface area contributed by atoms with Gasteiger partial charge in [0, 0.05) is 24.9 Å². The number of primary amides is 1. The number of aliphatic hydroxyl groups excluding tert-OH is 1. The van der Waals surface area contributed by atoms with Crippen molar-refractivity contribution in [2.75, 3.05) is 13.2 Å². The number of carbonyl (C=O) groups excluding carboxylic acids is 1. The number of hydrogen-bond donors (Lipinski definition) is 3. The fourth-order valence-electron chi connectivity index (χ4n) is 1.58. The summed E-state index contributed by atoms with van der Waals surface area (Å²) in [5.74, 6) is 4.86. The molecule has 0 aliphatic rings. The Bertz CT molecular complexity index is 672. The van der Waals surface area contributed by atoms with E-state index in [-0.39, 0.29) is 30.9 Å². The van der Waals surface area contributed by atoms with E-state index in [0.29, 0.717) is 5.56 Å². The van der Waals surface area contributed by atoms with Gasteiger partial charge in [-0.1, -0.05) is 17.9 Å². The number of aryl methyl sites for hydroxylation is 1. The number of hydrogen-bond acceptors (Lipinski definition) is 4. The third-order valence-electron chi connectivity index (χ3n) is 2.55. The number of sulfonamides is 1. The summed E-state index contributed by atoms with van der Waals surface area (Å²) in [6, 6.07) is 4.79. The van der Waals surface area contributed by atoms with Crippen molar-refractivity contribution >= 4 is 15.9 Å². The van der Waals surface area contributed by atoms with E-state index in [1.54, 1.807) is 12.1 Å². The number of rotatable bonds is 6. The van der Waals surface area contributed by atoms with Gasteiger partial charge in [0.1, 0.15) is 0 Å². The minimum atomic E-state index is -3.76. The summed E-state index contributed by atoms with van der Waals surface area (Å²) in [7, 11) is -3.76. The molecule has 21 heavy (non-hydrogen) atoms. The van der Waals surface area contributed by atoms with E-state index in [1.807, 2.05) is 6.92 Å². The van der Waals surface area contributed by atoms with Gasteiger partial charge in [-0.05, 0) is 24.6 Å². The summed E-state index contributed by atoms with van der Waals surface area (Å²) in [6.07, 6.45) is 0.194. The van der Waals surface area contributed by atoms with Gasteiger partial charge in [-0.25, -0.2) is 13.1 Å². The summed E-state index contributed by atoms with van der Waals surface area (Å²) in [5, 5.41) is 8.72. The van der Waals surface area contributed by atoms with Crippen LogP contribution in [-0.2, 0) is 14.8 Å². The molecule has 0 bridgehead atoms. The van der Waals surface area contributed by atoms with Gasteiger partial charge in [0.05, 0.1) is 11.5 Å². The molecule has 6 nitrogen and oxygen atoms in total. The lowest BCUT2D eigenvalue weighted by Gasteiger charge is -2.08. The third kappa shape index (κ3) is 5.55. The maximum absolute atomic E-state index is 12.2. The first-order valence-electron chi connectivity index (χ1n) is 6.35. The molecule has 1 rings (SSSR count). The molecule has 0 atom stereocenters. The van der Waals surface area contributed by atoms with Crippen LogP contribution in [0.25, 0.3) is 0 Å². The zero-order valence-electron chi connectivity index (χ0n) is 11.7. The number of aliphatic hydroxyl groups is 1. The molecule has 0 saturated carbocycles. The quantitative estimate of drug-likeness (QED) is 0.636. The molecule has 1 aromatic rings. The molecular weight excluding hydrogens is 292 g/mol. The first-order chi connectivity index (χ1) is 9.86. The van der Waals surface area contributed by atoms with Crippen LogP contribution in [0, 0.1) is 18.8 Å². The van der Waals surface area contributed by atoms with Crippen molar-refractivity contribution in [2.45, 2.75) is 24.7 Å². The first kappa shape index (κ1) is 17.2. The van der Waals surface area contributed by atoms with E-state index in [0.717, 1.165) is 5.56 Å². The highest BCUT2D eigenvalue weighted by molar-refractivity contribution is 7.89. The Kier molecular flexibility index (Phi) is 6.37. The van der Waals surface area contributed by atoms with Crippen molar-refractivity contribution in [3.05, 3.63) is 29.3 Å². The highest BCUT2D eigenvalue weighted by Gasteiger charge is 2.17. The lowest BCUT2D eigenvalue weighted by atomic mass is 10.1. The first-order valence-corrected chi connectivity index (χ1v) is 7.83. The number of carbonyl (C=O) groups is 1. The maximum Gasteiger partial charge on any atom is 0.241 e. The third-order valence-corrected chi connectivity index (χ3v) is 4.07. The van der Waals surface area contributed by atoms with E-state index in [2.05, 4.69) is 16.6 Å². The van der Waals surface area contributed by atoms with Crippen LogP contribution in [-0.4, -0.2) is 32.6 Å². The van der Waals surface area contributed by atoms with Crippen LogP contribution in [0.5, 0.6) is 0 Å². The Balaban J connectivity index is 3.05. The second-order valence-electron chi connectivity index (χ2n) is 4.39. The average molecular weight is 310 g/mol. The van der Waals surface area contributed by atoms with Gasteiger partial charge < -0.3 is 10.8 Å². The molecule has 0 fully saturated rings. The van der Waals surface area contributed by atoms with Crippen LogP contribution >= 0.6 is 0 Å². The maximum atomic E-state index is 12.2. The summed E-state index contributed by atoms with van der Waals surface area (Å²) in [4.78, 5) is 10.7. The minimum absolute atomic E-state index is 0.0445. The molecule has 0 unspecified atom stereocenters. The SMILES string of the molecule is Cc1ccc(S(=O)(=O)NCCC(N)=O)c(C#CCCO)c1. The van der Waals surface area contributed by atoms with Crippen molar-refractivity contribution in [1.29, 1.82) is 0 Å². The number of nitrogens with one attached hydrogen (secondary N) is 1. The van der Waals surface area contributed by atoms with Crippen molar-refractivity contribution in [2.24, 2.45) is 5.73 Å². The summed E-state index contributed by atoms with van der Waals surface area (Å²) in [6.45, 7) is 1.68. The zero-order chi connectivity index (χ0) is 15.9. The molecule has 0 saturated heterocycles. The van der Waals surface area contributed by atoms with E-state index in [4.69, 9.17) is 10.8 Å². The molecule has 114 valence electrons. The van der Waals surface area contributed by atoms with Gasteiger partial charge in [-0.2, -0.15) is 0 Å². The normalized spacial score (nSPS) is 10.8. The summed E-state index contributed by atoms with van der Waals surface area (Å²) < 4.78 is 26.7. The van der Waals surface area contributed by atoms with Crippen molar-refractivity contribution in [3.8, 4) is 11.8 Å². The van der Waals surface area contributed by atoms with Gasteiger partial charge >= 0.3 is 0 Å². The average Bonchev–Trinajstić information content (AvgIpc) is 2.38. The van der Waals surface area contributed by atoms with Crippen molar-refractivity contribution in [1.82, 2.24) is 4.72 Å².